The van der Waals surface area contributed by atoms with Crippen molar-refractivity contribution in [3.8, 4) is 0 Å². The van der Waals surface area contributed by atoms with Crippen LogP contribution in [-0.4, -0.2) is 55.1 Å². The molecule has 44 heavy (non-hydrogen) atoms. The SMILES string of the molecule is CCOC(=O)CCCCCS(=O)(=O)NC(=O)c1cccc(N2CCc3cccc(C(=O)Nc4nc5ccccc5s4)c3C2)n1. The molecule has 230 valence electrons. The molecule has 2 aromatic carbocycles. The lowest BCUT2D eigenvalue weighted by atomic mass is 9.94. The van der Waals surface area contributed by atoms with Gasteiger partial charge in [-0.15, -0.1) is 0 Å². The van der Waals surface area contributed by atoms with E-state index in [1.165, 1.54) is 17.4 Å². The summed E-state index contributed by atoms with van der Waals surface area (Å²) in [7, 11) is -3.89. The average Bonchev–Trinajstić information content (AvgIpc) is 3.42. The Labute approximate surface area is 259 Å². The largest absolute Gasteiger partial charge is 0.466 e. The number of carbonyl (C=O) groups is 3. The summed E-state index contributed by atoms with van der Waals surface area (Å²) >= 11 is 1.41. The molecule has 2 amide bonds. The van der Waals surface area contributed by atoms with E-state index in [0.717, 1.165) is 21.3 Å². The number of esters is 1. The van der Waals surface area contributed by atoms with Crippen LogP contribution in [0.1, 0.15) is 64.6 Å². The van der Waals surface area contributed by atoms with E-state index in [2.05, 4.69) is 20.0 Å². The van der Waals surface area contributed by atoms with Gasteiger partial charge in [0.15, 0.2) is 5.13 Å². The number of unbranched alkanes of at least 4 members (excludes halogenated alkanes) is 2. The average molecular weight is 636 g/mol. The monoisotopic (exact) mass is 635 g/mol. The Balaban J connectivity index is 1.22. The van der Waals surface area contributed by atoms with E-state index in [1.54, 1.807) is 25.1 Å². The van der Waals surface area contributed by atoms with Crippen molar-refractivity contribution in [2.45, 2.75) is 45.6 Å². The van der Waals surface area contributed by atoms with E-state index >= 15 is 0 Å². The summed E-state index contributed by atoms with van der Waals surface area (Å²) in [4.78, 5) is 48.5. The number of carbonyl (C=O) groups excluding carboxylic acids is 3. The fourth-order valence-corrected chi connectivity index (χ4v) is 6.96. The molecular formula is C31H33N5O6S2. The molecule has 3 heterocycles. The van der Waals surface area contributed by atoms with Gasteiger partial charge in [0.1, 0.15) is 11.5 Å². The standard InChI is InChI=1S/C31H33N5O6S2/c1-2-42-28(37)16-4-3-7-19-44(40,41)35-30(39)25-13-9-15-27(32-25)36-18-17-21-10-8-11-22(23(21)20-36)29(38)34-31-33-24-12-5-6-14-26(24)43-31/h5-6,8-15H,2-4,7,16-20H2,1H3,(H,35,39)(H,33,34,38). The number of hydrogen-bond donors (Lipinski definition) is 2. The zero-order valence-corrected chi connectivity index (χ0v) is 25.9. The number of benzene rings is 2. The fourth-order valence-electron chi connectivity index (χ4n) is 5.02. The van der Waals surface area contributed by atoms with Crippen molar-refractivity contribution in [3.63, 3.8) is 0 Å². The van der Waals surface area contributed by atoms with Gasteiger partial charge in [-0.05, 0) is 67.6 Å². The minimum atomic E-state index is -3.89. The first kappa shape index (κ1) is 31.1. The number of rotatable bonds is 12. The molecule has 2 N–H and O–H groups in total. The molecule has 2 aromatic heterocycles. The summed E-state index contributed by atoms with van der Waals surface area (Å²) in [6, 6.07) is 18.2. The molecule has 0 atom stereocenters. The zero-order valence-electron chi connectivity index (χ0n) is 24.2. The summed E-state index contributed by atoms with van der Waals surface area (Å²) in [6.07, 6.45) is 2.22. The van der Waals surface area contributed by atoms with Crippen LogP contribution in [0.25, 0.3) is 10.2 Å². The van der Waals surface area contributed by atoms with Crippen LogP contribution in [0.4, 0.5) is 10.9 Å². The number of ether oxygens (including phenoxy) is 1. The lowest BCUT2D eigenvalue weighted by Crippen LogP contribution is -2.35. The zero-order chi connectivity index (χ0) is 31.1. The maximum Gasteiger partial charge on any atom is 0.305 e. The third kappa shape index (κ3) is 7.77. The number of anilines is 2. The van der Waals surface area contributed by atoms with Gasteiger partial charge in [0.2, 0.25) is 10.0 Å². The van der Waals surface area contributed by atoms with Crippen LogP contribution in [0.3, 0.4) is 0 Å². The van der Waals surface area contributed by atoms with Gasteiger partial charge < -0.3 is 9.64 Å². The van der Waals surface area contributed by atoms with E-state index in [1.807, 2.05) is 41.3 Å². The number of para-hydroxylation sites is 1. The van der Waals surface area contributed by atoms with Crippen LogP contribution in [-0.2, 0) is 32.5 Å². The second-order valence-electron chi connectivity index (χ2n) is 10.3. The highest BCUT2D eigenvalue weighted by Crippen LogP contribution is 2.29. The molecule has 0 saturated carbocycles. The normalized spacial score (nSPS) is 12.9. The van der Waals surface area contributed by atoms with Crippen molar-refractivity contribution >= 4 is 60.3 Å². The van der Waals surface area contributed by atoms with Gasteiger partial charge in [-0.3, -0.25) is 19.7 Å². The Morgan fingerprint density at radius 3 is 2.59 bits per heavy atom. The number of pyridine rings is 1. The number of nitrogens with zero attached hydrogens (tertiary/aromatic N) is 3. The molecule has 0 radical (unpaired) electrons. The summed E-state index contributed by atoms with van der Waals surface area (Å²) in [5.41, 5.74) is 3.25. The third-order valence-electron chi connectivity index (χ3n) is 7.17. The van der Waals surface area contributed by atoms with Gasteiger partial charge in [0.05, 0.1) is 22.6 Å². The fraction of sp³-hybridized carbons (Fsp3) is 0.323. The van der Waals surface area contributed by atoms with E-state index in [0.29, 0.717) is 61.9 Å². The summed E-state index contributed by atoms with van der Waals surface area (Å²) < 4.78 is 33.0. The van der Waals surface area contributed by atoms with Crippen LogP contribution in [0.2, 0.25) is 0 Å². The molecule has 0 fully saturated rings. The van der Waals surface area contributed by atoms with Crippen LogP contribution >= 0.6 is 11.3 Å². The molecule has 0 bridgehead atoms. The molecular weight excluding hydrogens is 603 g/mol. The van der Waals surface area contributed by atoms with Crippen molar-refractivity contribution in [1.29, 1.82) is 0 Å². The number of amides is 2. The van der Waals surface area contributed by atoms with Crippen molar-refractivity contribution in [1.82, 2.24) is 14.7 Å². The predicted molar refractivity (Wildman–Crippen MR) is 169 cm³/mol. The maximum absolute atomic E-state index is 13.3. The maximum atomic E-state index is 13.3. The van der Waals surface area contributed by atoms with Crippen molar-refractivity contribution in [2.24, 2.45) is 0 Å². The minimum absolute atomic E-state index is 0.0268. The predicted octanol–water partition coefficient (Wildman–Crippen LogP) is 4.69. The highest BCUT2D eigenvalue weighted by molar-refractivity contribution is 7.90. The van der Waals surface area contributed by atoms with Gasteiger partial charge in [-0.2, -0.15) is 0 Å². The van der Waals surface area contributed by atoms with E-state index in [9.17, 15) is 22.8 Å². The van der Waals surface area contributed by atoms with Gasteiger partial charge >= 0.3 is 5.97 Å². The van der Waals surface area contributed by atoms with Gasteiger partial charge in [0.25, 0.3) is 11.8 Å². The van der Waals surface area contributed by atoms with E-state index < -0.39 is 15.9 Å². The van der Waals surface area contributed by atoms with Crippen LogP contribution in [0.15, 0.2) is 60.7 Å². The van der Waals surface area contributed by atoms with Crippen molar-refractivity contribution in [2.75, 3.05) is 29.1 Å². The first-order valence-corrected chi connectivity index (χ1v) is 16.9. The second kappa shape index (κ2) is 14.0. The highest BCUT2D eigenvalue weighted by atomic mass is 32.2. The lowest BCUT2D eigenvalue weighted by Gasteiger charge is -2.31. The molecule has 0 saturated heterocycles. The second-order valence-corrected chi connectivity index (χ2v) is 13.2. The number of fused-ring (bicyclic) bond motifs is 2. The first-order chi connectivity index (χ1) is 21.2. The van der Waals surface area contributed by atoms with Crippen LogP contribution < -0.4 is 14.9 Å². The molecule has 0 spiro atoms. The van der Waals surface area contributed by atoms with Crippen LogP contribution in [0, 0.1) is 0 Å². The van der Waals surface area contributed by atoms with Gasteiger partial charge in [-0.1, -0.05) is 48.1 Å². The first-order valence-electron chi connectivity index (χ1n) is 14.4. The summed E-state index contributed by atoms with van der Waals surface area (Å²) in [6.45, 7) is 3.04. The van der Waals surface area contributed by atoms with E-state index in [4.69, 9.17) is 4.74 Å². The number of sulfonamides is 1. The Kier molecular flexibility index (Phi) is 9.85. The molecule has 13 heteroatoms. The highest BCUT2D eigenvalue weighted by Gasteiger charge is 2.24. The lowest BCUT2D eigenvalue weighted by molar-refractivity contribution is -0.143. The third-order valence-corrected chi connectivity index (χ3v) is 9.44. The molecule has 1 aliphatic rings. The Hall–Kier alpha value is -4.36. The number of hydrogen-bond acceptors (Lipinski definition) is 10. The molecule has 4 aromatic rings. The molecule has 0 unspecified atom stereocenters. The van der Waals surface area contributed by atoms with Gasteiger partial charge in [0, 0.05) is 25.1 Å². The Morgan fingerprint density at radius 1 is 0.955 bits per heavy atom. The summed E-state index contributed by atoms with van der Waals surface area (Å²) in [5.74, 6) is -1.12. The Bertz CT molecular complexity index is 1760. The van der Waals surface area contributed by atoms with Gasteiger partial charge in [-0.25, -0.2) is 23.1 Å². The number of aromatic nitrogens is 2. The van der Waals surface area contributed by atoms with Crippen molar-refractivity contribution < 1.29 is 27.5 Å². The van der Waals surface area contributed by atoms with E-state index in [-0.39, 0.29) is 29.7 Å². The van der Waals surface area contributed by atoms with Crippen LogP contribution in [0.5, 0.6) is 0 Å². The van der Waals surface area contributed by atoms with Crippen molar-refractivity contribution in [3.05, 3.63) is 83.0 Å². The topological polar surface area (TPSA) is 148 Å². The Morgan fingerprint density at radius 2 is 1.77 bits per heavy atom. The smallest absolute Gasteiger partial charge is 0.305 e. The molecule has 11 nitrogen and oxygen atoms in total. The quantitative estimate of drug-likeness (QED) is 0.167. The molecule has 1 aliphatic heterocycles. The molecule has 0 aliphatic carbocycles. The molecule has 5 rings (SSSR count). The minimum Gasteiger partial charge on any atom is -0.466 e. The summed E-state index contributed by atoms with van der Waals surface area (Å²) in [5, 5.41) is 3.46. The number of nitrogens with one attached hydrogen (secondary N) is 2. The number of thiazole rings is 1.